The van der Waals surface area contributed by atoms with Crippen LogP contribution >= 0.6 is 0 Å². The zero-order valence-electron chi connectivity index (χ0n) is 12.2. The molecule has 0 aromatic carbocycles. The SMILES string of the molecule is CC.CCC1C=CC(C)(CCOC(C)=O)C1C. The summed E-state index contributed by atoms with van der Waals surface area (Å²) in [7, 11) is 0. The third-order valence-electron chi connectivity index (χ3n) is 3.82. The van der Waals surface area contributed by atoms with E-state index in [0.29, 0.717) is 18.4 Å². The van der Waals surface area contributed by atoms with Crippen LogP contribution in [0, 0.1) is 17.3 Å². The van der Waals surface area contributed by atoms with Crippen LogP contribution in [0.2, 0.25) is 0 Å². The minimum Gasteiger partial charge on any atom is -0.466 e. The fourth-order valence-corrected chi connectivity index (χ4v) is 2.37. The summed E-state index contributed by atoms with van der Waals surface area (Å²) < 4.78 is 5.01. The molecule has 0 fully saturated rings. The third kappa shape index (κ3) is 4.53. The van der Waals surface area contributed by atoms with Crippen molar-refractivity contribution in [3.8, 4) is 0 Å². The molecule has 100 valence electrons. The van der Waals surface area contributed by atoms with Gasteiger partial charge in [0.05, 0.1) is 6.61 Å². The second-order valence-electron chi connectivity index (χ2n) is 4.82. The molecule has 0 spiro atoms. The van der Waals surface area contributed by atoms with Gasteiger partial charge in [-0.3, -0.25) is 4.79 Å². The van der Waals surface area contributed by atoms with Crippen LogP contribution in [0.3, 0.4) is 0 Å². The standard InChI is InChI=1S/C13H22O2.C2H6/c1-5-12-6-7-13(4,10(12)2)8-9-15-11(3)14;1-2/h6-7,10,12H,5,8-9H2,1-4H3;1-2H3. The van der Waals surface area contributed by atoms with Crippen LogP contribution in [0.25, 0.3) is 0 Å². The molecule has 0 aliphatic heterocycles. The van der Waals surface area contributed by atoms with Gasteiger partial charge in [0.25, 0.3) is 0 Å². The molecule has 1 rings (SSSR count). The number of hydrogen-bond acceptors (Lipinski definition) is 2. The van der Waals surface area contributed by atoms with Gasteiger partial charge in [-0.15, -0.1) is 0 Å². The maximum Gasteiger partial charge on any atom is 0.302 e. The lowest BCUT2D eigenvalue weighted by molar-refractivity contribution is -0.141. The predicted molar refractivity (Wildman–Crippen MR) is 72.8 cm³/mol. The highest BCUT2D eigenvalue weighted by Gasteiger charge is 2.36. The van der Waals surface area contributed by atoms with Gasteiger partial charge >= 0.3 is 5.97 Å². The second-order valence-corrected chi connectivity index (χ2v) is 4.82. The monoisotopic (exact) mass is 240 g/mol. The first kappa shape index (κ1) is 16.2. The minimum absolute atomic E-state index is 0.180. The van der Waals surface area contributed by atoms with Crippen LogP contribution in [-0.4, -0.2) is 12.6 Å². The molecule has 0 saturated heterocycles. The van der Waals surface area contributed by atoms with Crippen LogP contribution in [0.15, 0.2) is 12.2 Å². The molecule has 1 aliphatic rings. The Morgan fingerprint density at radius 1 is 1.41 bits per heavy atom. The lowest BCUT2D eigenvalue weighted by Gasteiger charge is -2.31. The molecule has 0 N–H and O–H groups in total. The Bertz CT molecular complexity index is 258. The third-order valence-corrected chi connectivity index (χ3v) is 3.82. The van der Waals surface area contributed by atoms with Crippen molar-refractivity contribution in [1.82, 2.24) is 0 Å². The van der Waals surface area contributed by atoms with Gasteiger partial charge in [-0.1, -0.05) is 46.8 Å². The van der Waals surface area contributed by atoms with Gasteiger partial charge < -0.3 is 4.74 Å². The van der Waals surface area contributed by atoms with E-state index in [0.717, 1.165) is 6.42 Å². The van der Waals surface area contributed by atoms with Crippen molar-refractivity contribution >= 4 is 5.97 Å². The quantitative estimate of drug-likeness (QED) is 0.543. The summed E-state index contributed by atoms with van der Waals surface area (Å²) in [6.07, 6.45) is 6.75. The van der Waals surface area contributed by atoms with Gasteiger partial charge in [-0.05, 0) is 30.1 Å². The summed E-state index contributed by atoms with van der Waals surface area (Å²) in [5.41, 5.74) is 0.204. The highest BCUT2D eigenvalue weighted by Crippen LogP contribution is 2.44. The highest BCUT2D eigenvalue weighted by atomic mass is 16.5. The molecule has 0 bridgehead atoms. The molecule has 0 saturated carbocycles. The van der Waals surface area contributed by atoms with Crippen molar-refractivity contribution in [3.05, 3.63) is 12.2 Å². The van der Waals surface area contributed by atoms with Crippen LogP contribution < -0.4 is 0 Å². The maximum atomic E-state index is 10.7. The molecule has 3 unspecified atom stereocenters. The molecule has 1 aliphatic carbocycles. The summed E-state index contributed by atoms with van der Waals surface area (Å²) in [6.45, 7) is 12.8. The molecule has 0 aromatic rings. The lowest BCUT2D eigenvalue weighted by atomic mass is 9.75. The summed E-state index contributed by atoms with van der Waals surface area (Å²) in [5, 5.41) is 0. The van der Waals surface area contributed by atoms with E-state index >= 15 is 0 Å². The van der Waals surface area contributed by atoms with E-state index in [1.807, 2.05) is 13.8 Å². The first-order chi connectivity index (χ1) is 7.99. The number of esters is 1. The molecular weight excluding hydrogens is 212 g/mol. The molecule has 2 nitrogen and oxygen atoms in total. The zero-order chi connectivity index (χ0) is 13.5. The summed E-state index contributed by atoms with van der Waals surface area (Å²) in [5.74, 6) is 1.16. The minimum atomic E-state index is -0.180. The Kier molecular flexibility index (Phi) is 7.17. The fraction of sp³-hybridized carbons (Fsp3) is 0.800. The van der Waals surface area contributed by atoms with Crippen molar-refractivity contribution in [3.63, 3.8) is 0 Å². The predicted octanol–water partition coefficient (Wildman–Crippen LogP) is 4.20. The molecule has 0 aromatic heterocycles. The number of carbonyl (C=O) groups is 1. The topological polar surface area (TPSA) is 26.3 Å². The van der Waals surface area contributed by atoms with Crippen LogP contribution in [0.5, 0.6) is 0 Å². The average Bonchev–Trinajstić information content (AvgIpc) is 2.58. The zero-order valence-corrected chi connectivity index (χ0v) is 12.2. The summed E-state index contributed by atoms with van der Waals surface area (Å²) in [4.78, 5) is 10.7. The smallest absolute Gasteiger partial charge is 0.302 e. The molecule has 0 radical (unpaired) electrons. The van der Waals surface area contributed by atoms with E-state index in [2.05, 4.69) is 32.9 Å². The van der Waals surface area contributed by atoms with Gasteiger partial charge in [-0.25, -0.2) is 0 Å². The molecule has 0 heterocycles. The number of rotatable bonds is 4. The van der Waals surface area contributed by atoms with Gasteiger partial charge in [0.1, 0.15) is 0 Å². The van der Waals surface area contributed by atoms with Crippen molar-refractivity contribution in [2.24, 2.45) is 17.3 Å². The Labute approximate surface area is 106 Å². The molecule has 0 amide bonds. The summed E-state index contributed by atoms with van der Waals surface area (Å²) >= 11 is 0. The molecule has 3 atom stereocenters. The fourth-order valence-electron chi connectivity index (χ4n) is 2.37. The van der Waals surface area contributed by atoms with E-state index in [1.165, 1.54) is 13.3 Å². The number of ether oxygens (including phenoxy) is 1. The maximum absolute atomic E-state index is 10.7. The Morgan fingerprint density at radius 3 is 2.41 bits per heavy atom. The molecular formula is C15H28O2. The number of carbonyl (C=O) groups excluding carboxylic acids is 1. The van der Waals surface area contributed by atoms with E-state index in [-0.39, 0.29) is 11.4 Å². The van der Waals surface area contributed by atoms with Crippen molar-refractivity contribution < 1.29 is 9.53 Å². The largest absolute Gasteiger partial charge is 0.466 e. The summed E-state index contributed by atoms with van der Waals surface area (Å²) in [6, 6.07) is 0. The number of allylic oxidation sites excluding steroid dienone is 2. The average molecular weight is 240 g/mol. The Balaban J connectivity index is 0.00000121. The van der Waals surface area contributed by atoms with Crippen LogP contribution in [0.4, 0.5) is 0 Å². The van der Waals surface area contributed by atoms with Crippen molar-refractivity contribution in [1.29, 1.82) is 0 Å². The number of hydrogen-bond donors (Lipinski definition) is 0. The molecule has 17 heavy (non-hydrogen) atoms. The first-order valence-corrected chi connectivity index (χ1v) is 6.82. The normalized spacial score (nSPS) is 30.7. The highest BCUT2D eigenvalue weighted by molar-refractivity contribution is 5.65. The van der Waals surface area contributed by atoms with E-state index < -0.39 is 0 Å². The first-order valence-electron chi connectivity index (χ1n) is 6.82. The van der Waals surface area contributed by atoms with Gasteiger partial charge in [-0.2, -0.15) is 0 Å². The van der Waals surface area contributed by atoms with Gasteiger partial charge in [0.15, 0.2) is 0 Å². The van der Waals surface area contributed by atoms with Gasteiger partial charge in [0, 0.05) is 6.92 Å². The van der Waals surface area contributed by atoms with Gasteiger partial charge in [0.2, 0.25) is 0 Å². The lowest BCUT2D eigenvalue weighted by Crippen LogP contribution is -2.25. The van der Waals surface area contributed by atoms with E-state index in [4.69, 9.17) is 4.74 Å². The van der Waals surface area contributed by atoms with E-state index in [1.54, 1.807) is 0 Å². The Hall–Kier alpha value is -0.790. The van der Waals surface area contributed by atoms with Crippen LogP contribution in [0.1, 0.15) is 54.4 Å². The molecule has 2 heteroatoms. The van der Waals surface area contributed by atoms with Crippen LogP contribution in [-0.2, 0) is 9.53 Å². The van der Waals surface area contributed by atoms with E-state index in [9.17, 15) is 4.79 Å². The van der Waals surface area contributed by atoms with Crippen molar-refractivity contribution in [2.75, 3.05) is 6.61 Å². The Morgan fingerprint density at radius 2 is 2.00 bits per heavy atom. The second kappa shape index (κ2) is 7.52. The van der Waals surface area contributed by atoms with Crippen molar-refractivity contribution in [2.45, 2.75) is 54.4 Å².